The molecule has 0 saturated heterocycles. The molecule has 3 aromatic rings. The molecule has 2 aromatic heterocycles. The molecule has 0 saturated carbocycles. The van der Waals surface area contributed by atoms with Gasteiger partial charge in [0, 0.05) is 24.4 Å². The summed E-state index contributed by atoms with van der Waals surface area (Å²) in [5.41, 5.74) is 7.63. The molecule has 0 aliphatic carbocycles. The largest absolute Gasteiger partial charge is 0.398 e. The van der Waals surface area contributed by atoms with Gasteiger partial charge >= 0.3 is 0 Å². The minimum atomic E-state index is 0.273. The fourth-order valence-corrected chi connectivity index (χ4v) is 1.76. The van der Waals surface area contributed by atoms with E-state index < -0.39 is 0 Å². The van der Waals surface area contributed by atoms with Crippen molar-refractivity contribution in [3.05, 3.63) is 36.1 Å². The highest BCUT2D eigenvalue weighted by molar-refractivity contribution is 5.71. The van der Waals surface area contributed by atoms with E-state index >= 15 is 0 Å². The number of ether oxygens (including phenoxy) is 1. The average Bonchev–Trinajstić information content (AvgIpc) is 3.08. The Morgan fingerprint density at radius 1 is 1.20 bits per heavy atom. The lowest BCUT2D eigenvalue weighted by Gasteiger charge is -1.97. The van der Waals surface area contributed by atoms with E-state index in [2.05, 4.69) is 15.3 Å². The zero-order valence-electron chi connectivity index (χ0n) is 10.7. The quantitative estimate of drug-likeness (QED) is 0.726. The van der Waals surface area contributed by atoms with Crippen LogP contribution in [0.4, 0.5) is 5.69 Å². The van der Waals surface area contributed by atoms with Gasteiger partial charge in [0.1, 0.15) is 6.61 Å². The van der Waals surface area contributed by atoms with Gasteiger partial charge in [0.2, 0.25) is 5.82 Å². The van der Waals surface area contributed by atoms with Crippen LogP contribution in [-0.2, 0) is 11.3 Å². The third-order valence-electron chi connectivity index (χ3n) is 2.69. The van der Waals surface area contributed by atoms with Gasteiger partial charge in [-0.1, -0.05) is 22.4 Å². The molecule has 102 valence electrons. The number of nitrogens with zero attached hydrogens (tertiary/aromatic N) is 3. The van der Waals surface area contributed by atoms with Crippen molar-refractivity contribution < 1.29 is 13.8 Å². The number of rotatable bonds is 4. The molecule has 0 radical (unpaired) electrons. The second-order valence-electron chi connectivity index (χ2n) is 4.12. The second kappa shape index (κ2) is 5.14. The highest BCUT2D eigenvalue weighted by atomic mass is 16.5. The minimum Gasteiger partial charge on any atom is -0.398 e. The van der Waals surface area contributed by atoms with Crippen molar-refractivity contribution in [1.82, 2.24) is 15.3 Å². The van der Waals surface area contributed by atoms with Crippen molar-refractivity contribution in [3.8, 4) is 23.0 Å². The van der Waals surface area contributed by atoms with E-state index in [1.807, 2.05) is 18.2 Å². The van der Waals surface area contributed by atoms with E-state index in [9.17, 15) is 0 Å². The van der Waals surface area contributed by atoms with Gasteiger partial charge in [0.05, 0.1) is 0 Å². The Kier molecular flexibility index (Phi) is 3.18. The molecular formula is C13H12N4O3. The normalized spacial score (nSPS) is 10.8. The Morgan fingerprint density at radius 3 is 2.85 bits per heavy atom. The zero-order valence-corrected chi connectivity index (χ0v) is 10.7. The Balaban J connectivity index is 1.91. The van der Waals surface area contributed by atoms with E-state index in [0.717, 1.165) is 0 Å². The van der Waals surface area contributed by atoms with Gasteiger partial charge in [0.15, 0.2) is 11.5 Å². The number of para-hydroxylation sites is 1. The van der Waals surface area contributed by atoms with Crippen LogP contribution in [0.3, 0.4) is 0 Å². The van der Waals surface area contributed by atoms with Crippen LogP contribution in [0.2, 0.25) is 0 Å². The van der Waals surface area contributed by atoms with Crippen LogP contribution >= 0.6 is 0 Å². The number of aromatic nitrogens is 3. The SMILES string of the molecule is COCc1cc(-c2nc(-c3ccccc3N)no2)no1. The number of methoxy groups -OCH3 is 1. The van der Waals surface area contributed by atoms with Crippen molar-refractivity contribution in [2.75, 3.05) is 12.8 Å². The predicted molar refractivity (Wildman–Crippen MR) is 70.4 cm³/mol. The lowest BCUT2D eigenvalue weighted by atomic mass is 10.2. The molecule has 0 aliphatic rings. The molecule has 0 fully saturated rings. The standard InChI is InChI=1S/C13H12N4O3/c1-18-7-8-6-11(16-19-8)13-15-12(17-20-13)9-4-2-3-5-10(9)14/h2-6H,7,14H2,1H3. The lowest BCUT2D eigenvalue weighted by Crippen LogP contribution is -1.90. The number of nitrogen functional groups attached to an aromatic ring is 1. The third kappa shape index (κ3) is 2.26. The van der Waals surface area contributed by atoms with Crippen molar-refractivity contribution in [1.29, 1.82) is 0 Å². The van der Waals surface area contributed by atoms with Gasteiger partial charge in [-0.25, -0.2) is 0 Å². The van der Waals surface area contributed by atoms with Crippen LogP contribution in [0.1, 0.15) is 5.76 Å². The van der Waals surface area contributed by atoms with E-state index in [-0.39, 0.29) is 5.89 Å². The monoisotopic (exact) mass is 272 g/mol. The zero-order chi connectivity index (χ0) is 13.9. The Morgan fingerprint density at radius 2 is 2.05 bits per heavy atom. The molecule has 7 heteroatoms. The summed E-state index contributed by atoms with van der Waals surface area (Å²) in [6, 6.07) is 8.99. The summed E-state index contributed by atoms with van der Waals surface area (Å²) in [6.45, 7) is 0.333. The fourth-order valence-electron chi connectivity index (χ4n) is 1.76. The van der Waals surface area contributed by atoms with Gasteiger partial charge in [-0.15, -0.1) is 0 Å². The number of benzene rings is 1. The van der Waals surface area contributed by atoms with Crippen LogP contribution in [0.25, 0.3) is 23.0 Å². The van der Waals surface area contributed by atoms with E-state index in [1.54, 1.807) is 19.2 Å². The van der Waals surface area contributed by atoms with E-state index in [4.69, 9.17) is 19.5 Å². The summed E-state index contributed by atoms with van der Waals surface area (Å²) in [5.74, 6) is 1.27. The maximum absolute atomic E-state index is 5.87. The molecule has 0 spiro atoms. The first kappa shape index (κ1) is 12.4. The van der Waals surface area contributed by atoms with Crippen LogP contribution < -0.4 is 5.73 Å². The summed E-state index contributed by atoms with van der Waals surface area (Å²) < 4.78 is 15.2. The van der Waals surface area contributed by atoms with E-state index in [1.165, 1.54) is 0 Å². The van der Waals surface area contributed by atoms with Crippen molar-refractivity contribution in [2.45, 2.75) is 6.61 Å². The van der Waals surface area contributed by atoms with E-state index in [0.29, 0.717) is 35.1 Å². The Bertz CT molecular complexity index is 720. The van der Waals surface area contributed by atoms with Gasteiger partial charge in [-0.05, 0) is 12.1 Å². The topological polar surface area (TPSA) is 100 Å². The van der Waals surface area contributed by atoms with Gasteiger partial charge in [0.25, 0.3) is 5.89 Å². The third-order valence-corrected chi connectivity index (χ3v) is 2.69. The molecule has 20 heavy (non-hydrogen) atoms. The molecule has 2 N–H and O–H groups in total. The number of anilines is 1. The smallest absolute Gasteiger partial charge is 0.280 e. The Hall–Kier alpha value is -2.67. The summed E-state index contributed by atoms with van der Waals surface area (Å²) in [6.07, 6.45) is 0. The van der Waals surface area contributed by atoms with Crippen LogP contribution in [-0.4, -0.2) is 22.4 Å². The average molecular weight is 272 g/mol. The highest BCUT2D eigenvalue weighted by Gasteiger charge is 2.16. The molecule has 0 bridgehead atoms. The van der Waals surface area contributed by atoms with Crippen molar-refractivity contribution in [3.63, 3.8) is 0 Å². The second-order valence-corrected chi connectivity index (χ2v) is 4.12. The first-order chi connectivity index (χ1) is 9.78. The highest BCUT2D eigenvalue weighted by Crippen LogP contribution is 2.25. The molecule has 0 aliphatic heterocycles. The maximum Gasteiger partial charge on any atom is 0.280 e. The van der Waals surface area contributed by atoms with Gasteiger partial charge < -0.3 is 19.5 Å². The first-order valence-electron chi connectivity index (χ1n) is 5.91. The molecular weight excluding hydrogens is 260 g/mol. The lowest BCUT2D eigenvalue weighted by molar-refractivity contribution is 0.156. The predicted octanol–water partition coefficient (Wildman–Crippen LogP) is 2.12. The minimum absolute atomic E-state index is 0.273. The van der Waals surface area contributed by atoms with Crippen molar-refractivity contribution >= 4 is 5.69 Å². The summed E-state index contributed by atoms with van der Waals surface area (Å²) >= 11 is 0. The van der Waals surface area contributed by atoms with Gasteiger partial charge in [-0.2, -0.15) is 4.98 Å². The first-order valence-corrected chi connectivity index (χ1v) is 5.91. The fraction of sp³-hybridized carbons (Fsp3) is 0.154. The molecule has 0 unspecified atom stereocenters. The maximum atomic E-state index is 5.87. The molecule has 0 amide bonds. The number of hydrogen-bond acceptors (Lipinski definition) is 7. The number of hydrogen-bond donors (Lipinski definition) is 1. The molecule has 1 aromatic carbocycles. The van der Waals surface area contributed by atoms with Gasteiger partial charge in [-0.3, -0.25) is 0 Å². The summed E-state index contributed by atoms with van der Waals surface area (Å²) in [7, 11) is 1.57. The number of nitrogens with two attached hydrogens (primary N) is 1. The molecule has 0 atom stereocenters. The van der Waals surface area contributed by atoms with Crippen molar-refractivity contribution in [2.24, 2.45) is 0 Å². The summed E-state index contributed by atoms with van der Waals surface area (Å²) in [4.78, 5) is 4.26. The molecule has 3 rings (SSSR count). The molecule has 7 nitrogen and oxygen atoms in total. The van der Waals surface area contributed by atoms with Crippen LogP contribution in [0.15, 0.2) is 39.4 Å². The summed E-state index contributed by atoms with van der Waals surface area (Å²) in [5, 5.41) is 7.75. The van der Waals surface area contributed by atoms with Crippen LogP contribution in [0, 0.1) is 0 Å². The molecule has 2 heterocycles. The Labute approximate surface area is 114 Å². The van der Waals surface area contributed by atoms with Crippen LogP contribution in [0.5, 0.6) is 0 Å².